The first kappa shape index (κ1) is 10.4. The van der Waals surface area contributed by atoms with Gasteiger partial charge < -0.3 is 4.90 Å². The molecule has 0 N–H and O–H groups in total. The molecule has 0 bridgehead atoms. The predicted molar refractivity (Wildman–Crippen MR) is 59.0 cm³/mol. The van der Waals surface area contributed by atoms with Crippen LogP contribution < -0.4 is 0 Å². The molecule has 4 heteroatoms. The number of halogens is 1. The monoisotopic (exact) mass is 224 g/mol. The van der Waals surface area contributed by atoms with E-state index in [1.165, 1.54) is 0 Å². The number of amides is 1. The first-order valence-corrected chi connectivity index (χ1v) is 5.50. The second kappa shape index (κ2) is 4.19. The molecular formula is C11H13ClN2O. The van der Waals surface area contributed by atoms with E-state index in [2.05, 4.69) is 11.9 Å². The van der Waals surface area contributed by atoms with Crippen LogP contribution in [0.1, 0.15) is 30.3 Å². The molecule has 1 unspecified atom stereocenters. The van der Waals surface area contributed by atoms with Crippen molar-refractivity contribution in [3.8, 4) is 0 Å². The lowest BCUT2D eigenvalue weighted by Crippen LogP contribution is -2.34. The molecule has 1 aromatic heterocycles. The van der Waals surface area contributed by atoms with Gasteiger partial charge in [-0.25, -0.2) is 4.98 Å². The molecule has 80 valence electrons. The van der Waals surface area contributed by atoms with Crippen molar-refractivity contribution in [3.63, 3.8) is 0 Å². The molecule has 1 fully saturated rings. The van der Waals surface area contributed by atoms with Gasteiger partial charge in [-0.2, -0.15) is 0 Å². The molecule has 1 aliphatic heterocycles. The van der Waals surface area contributed by atoms with Gasteiger partial charge in [0.25, 0.3) is 5.91 Å². The molecule has 1 saturated heterocycles. The van der Waals surface area contributed by atoms with Crippen LogP contribution in [0, 0.1) is 0 Å². The van der Waals surface area contributed by atoms with Crippen LogP contribution in [-0.4, -0.2) is 28.4 Å². The van der Waals surface area contributed by atoms with E-state index in [4.69, 9.17) is 11.6 Å². The second-order valence-electron chi connectivity index (χ2n) is 3.84. The minimum absolute atomic E-state index is 0.0116. The smallest absolute Gasteiger partial charge is 0.272 e. The molecule has 2 heterocycles. The minimum Gasteiger partial charge on any atom is -0.335 e. The van der Waals surface area contributed by atoms with Crippen molar-refractivity contribution in [2.45, 2.75) is 25.8 Å². The van der Waals surface area contributed by atoms with E-state index in [-0.39, 0.29) is 5.91 Å². The van der Waals surface area contributed by atoms with Crippen LogP contribution in [0.25, 0.3) is 0 Å². The molecule has 0 spiro atoms. The Labute approximate surface area is 94.1 Å². The quantitative estimate of drug-likeness (QED) is 0.687. The van der Waals surface area contributed by atoms with E-state index in [9.17, 15) is 4.79 Å². The summed E-state index contributed by atoms with van der Waals surface area (Å²) < 4.78 is 0. The van der Waals surface area contributed by atoms with Gasteiger partial charge in [0.1, 0.15) is 10.8 Å². The maximum Gasteiger partial charge on any atom is 0.272 e. The van der Waals surface area contributed by atoms with Crippen molar-refractivity contribution in [3.05, 3.63) is 29.0 Å². The molecule has 1 amide bonds. The predicted octanol–water partition coefficient (Wildman–Crippen LogP) is 2.36. The van der Waals surface area contributed by atoms with E-state index >= 15 is 0 Å². The van der Waals surface area contributed by atoms with Gasteiger partial charge in [-0.3, -0.25) is 4.79 Å². The van der Waals surface area contributed by atoms with Gasteiger partial charge in [-0.1, -0.05) is 17.7 Å². The molecule has 0 saturated carbocycles. The Morgan fingerprint density at radius 3 is 3.00 bits per heavy atom. The summed E-state index contributed by atoms with van der Waals surface area (Å²) in [6, 6.07) is 5.45. The van der Waals surface area contributed by atoms with E-state index in [1.807, 2.05) is 4.90 Å². The summed E-state index contributed by atoms with van der Waals surface area (Å²) in [6.07, 6.45) is 2.15. The fourth-order valence-corrected chi connectivity index (χ4v) is 2.07. The first-order chi connectivity index (χ1) is 7.18. The summed E-state index contributed by atoms with van der Waals surface area (Å²) >= 11 is 5.75. The third-order valence-corrected chi connectivity index (χ3v) is 2.96. The highest BCUT2D eigenvalue weighted by molar-refractivity contribution is 6.29. The standard InChI is InChI=1S/C11H13ClN2O/c1-8-4-3-7-14(8)11(15)9-5-2-6-10(12)13-9/h2,5-6,8H,3-4,7H2,1H3. The van der Waals surface area contributed by atoms with Gasteiger partial charge in [0.15, 0.2) is 0 Å². The molecule has 0 aliphatic carbocycles. The Bertz CT molecular complexity index is 381. The first-order valence-electron chi connectivity index (χ1n) is 5.12. The van der Waals surface area contributed by atoms with Crippen molar-refractivity contribution in [1.29, 1.82) is 0 Å². The Kier molecular flexibility index (Phi) is 2.91. The van der Waals surface area contributed by atoms with Crippen LogP contribution in [0.3, 0.4) is 0 Å². The summed E-state index contributed by atoms with van der Waals surface area (Å²) in [5, 5.41) is 0.368. The normalized spacial score (nSPS) is 20.7. The van der Waals surface area contributed by atoms with E-state index < -0.39 is 0 Å². The molecule has 15 heavy (non-hydrogen) atoms. The average molecular weight is 225 g/mol. The summed E-state index contributed by atoms with van der Waals surface area (Å²) in [5.41, 5.74) is 0.441. The van der Waals surface area contributed by atoms with Gasteiger partial charge in [0.05, 0.1) is 0 Å². The lowest BCUT2D eigenvalue weighted by atomic mass is 10.2. The van der Waals surface area contributed by atoms with Gasteiger partial charge >= 0.3 is 0 Å². The van der Waals surface area contributed by atoms with Crippen molar-refractivity contribution in [2.24, 2.45) is 0 Å². The lowest BCUT2D eigenvalue weighted by Gasteiger charge is -2.20. The van der Waals surface area contributed by atoms with Crippen molar-refractivity contribution in [1.82, 2.24) is 9.88 Å². The third-order valence-electron chi connectivity index (χ3n) is 2.75. The summed E-state index contributed by atoms with van der Waals surface area (Å²) in [5.74, 6) is -0.0116. The molecule has 0 aromatic carbocycles. The van der Waals surface area contributed by atoms with Gasteiger partial charge in [0, 0.05) is 12.6 Å². The summed E-state index contributed by atoms with van der Waals surface area (Å²) in [6.45, 7) is 2.89. The fourth-order valence-electron chi connectivity index (χ4n) is 1.91. The van der Waals surface area contributed by atoms with Crippen LogP contribution in [0.2, 0.25) is 5.15 Å². The minimum atomic E-state index is -0.0116. The maximum absolute atomic E-state index is 12.0. The SMILES string of the molecule is CC1CCCN1C(=O)c1cccc(Cl)n1. The molecular weight excluding hydrogens is 212 g/mol. The van der Waals surface area contributed by atoms with Crippen molar-refractivity contribution < 1.29 is 4.79 Å². The Balaban J connectivity index is 2.20. The summed E-state index contributed by atoms with van der Waals surface area (Å²) in [4.78, 5) is 17.9. The molecule has 0 radical (unpaired) electrons. The number of carbonyl (C=O) groups is 1. The lowest BCUT2D eigenvalue weighted by molar-refractivity contribution is 0.0741. The van der Waals surface area contributed by atoms with Crippen LogP contribution >= 0.6 is 11.6 Å². The van der Waals surface area contributed by atoms with Crippen LogP contribution in [0.4, 0.5) is 0 Å². The van der Waals surface area contributed by atoms with Gasteiger partial charge in [-0.05, 0) is 31.9 Å². The van der Waals surface area contributed by atoms with Gasteiger partial charge in [-0.15, -0.1) is 0 Å². The highest BCUT2D eigenvalue weighted by atomic mass is 35.5. The maximum atomic E-state index is 12.0. The topological polar surface area (TPSA) is 33.2 Å². The highest BCUT2D eigenvalue weighted by Gasteiger charge is 2.26. The largest absolute Gasteiger partial charge is 0.335 e. The van der Waals surface area contributed by atoms with E-state index in [0.717, 1.165) is 19.4 Å². The van der Waals surface area contributed by atoms with E-state index in [0.29, 0.717) is 16.9 Å². The fraction of sp³-hybridized carbons (Fsp3) is 0.455. The third kappa shape index (κ3) is 2.12. The number of rotatable bonds is 1. The Hall–Kier alpha value is -1.09. The molecule has 2 rings (SSSR count). The Morgan fingerprint density at radius 1 is 1.60 bits per heavy atom. The van der Waals surface area contributed by atoms with Crippen molar-refractivity contribution >= 4 is 17.5 Å². The molecule has 1 atom stereocenters. The zero-order valence-corrected chi connectivity index (χ0v) is 9.37. The van der Waals surface area contributed by atoms with Crippen LogP contribution in [0.5, 0.6) is 0 Å². The number of carbonyl (C=O) groups excluding carboxylic acids is 1. The molecule has 1 aromatic rings. The number of hydrogen-bond donors (Lipinski definition) is 0. The number of aromatic nitrogens is 1. The van der Waals surface area contributed by atoms with Crippen LogP contribution in [-0.2, 0) is 0 Å². The number of pyridine rings is 1. The second-order valence-corrected chi connectivity index (χ2v) is 4.22. The summed E-state index contributed by atoms with van der Waals surface area (Å²) in [7, 11) is 0. The molecule has 3 nitrogen and oxygen atoms in total. The zero-order valence-electron chi connectivity index (χ0n) is 8.61. The van der Waals surface area contributed by atoms with Crippen LogP contribution in [0.15, 0.2) is 18.2 Å². The zero-order chi connectivity index (χ0) is 10.8. The number of nitrogens with zero attached hydrogens (tertiary/aromatic N) is 2. The number of likely N-dealkylation sites (tertiary alicyclic amines) is 1. The van der Waals surface area contributed by atoms with Gasteiger partial charge in [0.2, 0.25) is 0 Å². The number of hydrogen-bond acceptors (Lipinski definition) is 2. The molecule has 1 aliphatic rings. The van der Waals surface area contributed by atoms with Crippen molar-refractivity contribution in [2.75, 3.05) is 6.54 Å². The Morgan fingerprint density at radius 2 is 2.40 bits per heavy atom. The average Bonchev–Trinajstić information content (AvgIpc) is 2.63. The highest BCUT2D eigenvalue weighted by Crippen LogP contribution is 2.19. The van der Waals surface area contributed by atoms with E-state index in [1.54, 1.807) is 18.2 Å².